The highest BCUT2D eigenvalue weighted by Gasteiger charge is 2.38. The molecule has 1 aromatic heterocycles. The molecule has 9 heteroatoms. The van der Waals surface area contributed by atoms with Gasteiger partial charge in [-0.15, -0.1) is 0 Å². The van der Waals surface area contributed by atoms with Gasteiger partial charge in [-0.3, -0.25) is 4.90 Å². The lowest BCUT2D eigenvalue weighted by Crippen LogP contribution is -2.42. The molecule has 2 aliphatic rings. The molecule has 0 aliphatic carbocycles. The topological polar surface area (TPSA) is 79.7 Å². The van der Waals surface area contributed by atoms with Crippen LogP contribution >= 0.6 is 0 Å². The number of carbonyl (C=O) groups is 1. The van der Waals surface area contributed by atoms with Gasteiger partial charge in [-0.1, -0.05) is 12.7 Å². The number of carbonyl (C=O) groups excluding carboxylic acids is 2. The molecule has 0 saturated heterocycles. The SMILES string of the molecule is C=Cc1cc(-n2nc3c(c2N2C=CNC2=C=O)[C@H](C)N(C(=O)OC(C)(C)C)CC3)cc(C)c1F. The zero-order chi connectivity index (χ0) is 24.8. The summed E-state index contributed by atoms with van der Waals surface area (Å²) in [5.74, 6) is 2.31. The Morgan fingerprint density at radius 2 is 2.12 bits per heavy atom. The molecule has 178 valence electrons. The van der Waals surface area contributed by atoms with Crippen LogP contribution in [0.1, 0.15) is 56.1 Å². The minimum Gasteiger partial charge on any atom is -0.444 e. The molecule has 8 nitrogen and oxygen atoms in total. The maximum Gasteiger partial charge on any atom is 0.410 e. The Balaban J connectivity index is 1.90. The maximum absolute atomic E-state index is 14.5. The lowest BCUT2D eigenvalue weighted by molar-refractivity contribution is 0.0160. The van der Waals surface area contributed by atoms with Crippen LogP contribution in [0.4, 0.5) is 15.0 Å². The summed E-state index contributed by atoms with van der Waals surface area (Å²) in [5.41, 5.74) is 2.33. The van der Waals surface area contributed by atoms with Gasteiger partial charge >= 0.3 is 6.09 Å². The molecule has 1 amide bonds. The molecule has 2 aromatic rings. The molecular formula is C25H28FN5O3. The molecule has 34 heavy (non-hydrogen) atoms. The molecule has 1 N–H and O–H groups in total. The van der Waals surface area contributed by atoms with Crippen LogP contribution < -0.4 is 10.2 Å². The van der Waals surface area contributed by atoms with Crippen molar-refractivity contribution in [1.82, 2.24) is 20.0 Å². The smallest absolute Gasteiger partial charge is 0.410 e. The Morgan fingerprint density at radius 1 is 1.38 bits per heavy atom. The predicted octanol–water partition coefficient (Wildman–Crippen LogP) is 4.37. The van der Waals surface area contributed by atoms with E-state index in [1.165, 1.54) is 6.08 Å². The second kappa shape index (κ2) is 8.50. The van der Waals surface area contributed by atoms with Crippen molar-refractivity contribution in [2.45, 2.75) is 52.7 Å². The zero-order valence-corrected chi connectivity index (χ0v) is 20.0. The van der Waals surface area contributed by atoms with Crippen LogP contribution in [-0.2, 0) is 16.0 Å². The fourth-order valence-corrected chi connectivity index (χ4v) is 4.27. The summed E-state index contributed by atoms with van der Waals surface area (Å²) in [6.07, 6.45) is 4.85. The lowest BCUT2D eigenvalue weighted by Gasteiger charge is -2.35. The number of hydrogen-bond donors (Lipinski definition) is 1. The number of anilines is 1. The van der Waals surface area contributed by atoms with Crippen molar-refractivity contribution in [3.05, 3.63) is 65.1 Å². The van der Waals surface area contributed by atoms with Crippen LogP contribution in [0.25, 0.3) is 11.8 Å². The molecule has 0 spiro atoms. The summed E-state index contributed by atoms with van der Waals surface area (Å²) < 4.78 is 21.8. The number of halogens is 1. The monoisotopic (exact) mass is 465 g/mol. The molecule has 0 saturated carbocycles. The molecule has 0 unspecified atom stereocenters. The van der Waals surface area contributed by atoms with Gasteiger partial charge in [0, 0.05) is 36.5 Å². The van der Waals surface area contributed by atoms with E-state index in [0.717, 1.165) is 11.3 Å². The number of aryl methyl sites for hydroxylation is 1. The molecule has 4 rings (SSSR count). The number of ether oxygens (including phenoxy) is 1. The largest absolute Gasteiger partial charge is 0.444 e. The molecule has 3 heterocycles. The van der Waals surface area contributed by atoms with Crippen LogP contribution in [0.15, 0.2) is 36.9 Å². The van der Waals surface area contributed by atoms with Gasteiger partial charge < -0.3 is 15.0 Å². The Labute approximate surface area is 198 Å². The van der Waals surface area contributed by atoms with Gasteiger partial charge in [0.1, 0.15) is 17.2 Å². The fourth-order valence-electron chi connectivity index (χ4n) is 4.27. The summed E-state index contributed by atoms with van der Waals surface area (Å²) in [7, 11) is 0. The molecular weight excluding hydrogens is 437 g/mol. The quantitative estimate of drug-likeness (QED) is 0.678. The molecule has 0 bridgehead atoms. The second-order valence-corrected chi connectivity index (χ2v) is 9.35. The third-order valence-corrected chi connectivity index (χ3v) is 5.82. The van der Waals surface area contributed by atoms with Crippen molar-refractivity contribution in [1.29, 1.82) is 0 Å². The van der Waals surface area contributed by atoms with Gasteiger partial charge in [-0.05, 0) is 52.3 Å². The van der Waals surface area contributed by atoms with Crippen molar-refractivity contribution in [3.63, 3.8) is 0 Å². The molecule has 2 aliphatic heterocycles. The van der Waals surface area contributed by atoms with E-state index in [1.54, 1.807) is 45.9 Å². The summed E-state index contributed by atoms with van der Waals surface area (Å²) >= 11 is 0. The number of rotatable bonds is 3. The van der Waals surface area contributed by atoms with E-state index in [4.69, 9.17) is 9.84 Å². The first kappa shape index (κ1) is 23.3. The number of aromatic nitrogens is 2. The Morgan fingerprint density at radius 3 is 2.76 bits per heavy atom. The third kappa shape index (κ3) is 3.99. The molecule has 1 aromatic carbocycles. The fraction of sp³-hybridized carbons (Fsp3) is 0.360. The zero-order valence-electron chi connectivity index (χ0n) is 20.0. The van der Waals surface area contributed by atoms with Gasteiger partial charge in [0.05, 0.1) is 17.4 Å². The van der Waals surface area contributed by atoms with Gasteiger partial charge in [0.15, 0.2) is 5.94 Å². The normalized spacial score (nSPS) is 17.4. The van der Waals surface area contributed by atoms with Gasteiger partial charge in [0.25, 0.3) is 0 Å². The van der Waals surface area contributed by atoms with Crippen LogP contribution in [0.2, 0.25) is 0 Å². The summed E-state index contributed by atoms with van der Waals surface area (Å²) in [5, 5.41) is 7.70. The first-order valence-corrected chi connectivity index (χ1v) is 11.1. The van der Waals surface area contributed by atoms with E-state index in [1.807, 2.05) is 33.6 Å². The van der Waals surface area contributed by atoms with Crippen LogP contribution in [0.3, 0.4) is 0 Å². The van der Waals surface area contributed by atoms with Crippen molar-refractivity contribution in [2.24, 2.45) is 0 Å². The maximum atomic E-state index is 14.5. The van der Waals surface area contributed by atoms with Crippen LogP contribution in [0.5, 0.6) is 0 Å². The lowest BCUT2D eigenvalue weighted by atomic mass is 9.99. The average Bonchev–Trinajstić information content (AvgIpc) is 3.38. The number of fused-ring (bicyclic) bond motifs is 1. The Kier molecular flexibility index (Phi) is 5.83. The van der Waals surface area contributed by atoms with E-state index in [2.05, 4.69) is 11.9 Å². The first-order chi connectivity index (χ1) is 16.1. The van der Waals surface area contributed by atoms with E-state index in [-0.39, 0.29) is 17.7 Å². The van der Waals surface area contributed by atoms with Crippen LogP contribution in [-0.4, -0.2) is 38.9 Å². The highest BCUT2D eigenvalue weighted by atomic mass is 19.1. The molecule has 1 atom stereocenters. The number of nitrogens with zero attached hydrogens (tertiary/aromatic N) is 4. The average molecular weight is 466 g/mol. The van der Waals surface area contributed by atoms with Crippen molar-refractivity contribution < 1.29 is 18.7 Å². The third-order valence-electron chi connectivity index (χ3n) is 5.82. The molecule has 0 fully saturated rings. The summed E-state index contributed by atoms with van der Waals surface area (Å²) in [6.45, 7) is 13.2. The Bertz CT molecular complexity index is 1250. The summed E-state index contributed by atoms with van der Waals surface area (Å²) in [6, 6.07) is 2.97. The van der Waals surface area contributed by atoms with E-state index < -0.39 is 11.7 Å². The number of hydrogen-bond acceptors (Lipinski definition) is 6. The van der Waals surface area contributed by atoms with E-state index >= 15 is 0 Å². The van der Waals surface area contributed by atoms with Gasteiger partial charge in [-0.2, -0.15) is 5.10 Å². The van der Waals surface area contributed by atoms with E-state index in [0.29, 0.717) is 35.6 Å². The summed E-state index contributed by atoms with van der Waals surface area (Å²) in [4.78, 5) is 27.9. The molecule has 0 radical (unpaired) electrons. The standard InChI is InChI=1S/C25H28FN5O3/c1-7-17-13-18(12-15(2)22(17)26)31-23(30-11-9-27-20(30)14-32)21-16(3)29(10-8-19(21)28-31)24(33)34-25(4,5)6/h7,9,11-13,16,27H,1,8,10H2,2-6H3/t16-/m0/s1. The highest BCUT2D eigenvalue weighted by molar-refractivity contribution is 5.74. The van der Waals surface area contributed by atoms with Crippen molar-refractivity contribution in [3.8, 4) is 5.69 Å². The predicted molar refractivity (Wildman–Crippen MR) is 127 cm³/mol. The number of benzene rings is 1. The minimum atomic E-state index is -0.633. The number of nitrogens with one attached hydrogen (secondary N) is 1. The van der Waals surface area contributed by atoms with Crippen molar-refractivity contribution in [2.75, 3.05) is 11.4 Å². The van der Waals surface area contributed by atoms with Gasteiger partial charge in [-0.25, -0.2) is 18.7 Å². The number of amides is 1. The highest BCUT2D eigenvalue weighted by Crippen LogP contribution is 2.40. The second-order valence-electron chi connectivity index (χ2n) is 9.35. The van der Waals surface area contributed by atoms with Gasteiger partial charge in [0.2, 0.25) is 5.82 Å². The van der Waals surface area contributed by atoms with E-state index in [9.17, 15) is 14.0 Å². The van der Waals surface area contributed by atoms with Crippen molar-refractivity contribution >= 4 is 23.9 Å². The first-order valence-electron chi connectivity index (χ1n) is 11.1. The van der Waals surface area contributed by atoms with Crippen LogP contribution in [0, 0.1) is 12.7 Å². The Hall–Kier alpha value is -3.84. The minimum absolute atomic E-state index is 0.188.